The number of aromatic amines is 1. The van der Waals surface area contributed by atoms with Gasteiger partial charge in [0.05, 0.1) is 0 Å². The lowest BCUT2D eigenvalue weighted by Crippen LogP contribution is -2.29. The first kappa shape index (κ1) is 19.7. The Bertz CT molecular complexity index is 1050. The van der Waals surface area contributed by atoms with Crippen molar-refractivity contribution in [1.82, 2.24) is 14.8 Å². The first-order valence-electron chi connectivity index (χ1n) is 9.66. The summed E-state index contributed by atoms with van der Waals surface area (Å²) in [6, 6.07) is 15.3. The number of nitrogens with zero attached hydrogens (tertiary/aromatic N) is 3. The highest BCUT2D eigenvalue weighted by molar-refractivity contribution is 7.71. The number of aromatic nitrogens is 3. The van der Waals surface area contributed by atoms with Crippen molar-refractivity contribution < 1.29 is 4.79 Å². The molecule has 2 aromatic carbocycles. The Labute approximate surface area is 179 Å². The van der Waals surface area contributed by atoms with Gasteiger partial charge in [-0.2, -0.15) is 5.10 Å². The number of carbonyl (C=O) groups excluding carboxylic acids is 1. The maximum absolute atomic E-state index is 12.7. The van der Waals surface area contributed by atoms with Crippen LogP contribution < -0.4 is 10.2 Å². The van der Waals surface area contributed by atoms with E-state index < -0.39 is 0 Å². The van der Waals surface area contributed by atoms with Crippen LogP contribution in [0.15, 0.2) is 48.5 Å². The molecular formula is C21H22ClN5OS. The fourth-order valence-corrected chi connectivity index (χ4v) is 3.88. The first-order chi connectivity index (χ1) is 14.1. The van der Waals surface area contributed by atoms with Gasteiger partial charge in [-0.1, -0.05) is 17.7 Å². The molecule has 0 saturated carbocycles. The number of benzene rings is 2. The van der Waals surface area contributed by atoms with Crippen LogP contribution in [0.4, 0.5) is 11.4 Å². The van der Waals surface area contributed by atoms with Crippen molar-refractivity contribution in [2.45, 2.75) is 25.8 Å². The Hall–Kier alpha value is -2.64. The lowest BCUT2D eigenvalue weighted by molar-refractivity contribution is -0.116. The maximum Gasteiger partial charge on any atom is 0.244 e. The van der Waals surface area contributed by atoms with Crippen molar-refractivity contribution >= 4 is 41.1 Å². The van der Waals surface area contributed by atoms with E-state index in [4.69, 9.17) is 23.8 Å². The molecule has 0 spiro atoms. The molecule has 3 aromatic rings. The molecule has 8 heteroatoms. The molecule has 1 aliphatic rings. The summed E-state index contributed by atoms with van der Waals surface area (Å²) in [6.07, 6.45) is 3.71. The zero-order chi connectivity index (χ0) is 20.2. The second-order valence-corrected chi connectivity index (χ2v) is 7.91. The number of rotatable bonds is 5. The molecule has 1 fully saturated rings. The number of carbonyl (C=O) groups is 1. The Balaban J connectivity index is 1.49. The zero-order valence-corrected chi connectivity index (χ0v) is 17.5. The van der Waals surface area contributed by atoms with Crippen LogP contribution in [-0.4, -0.2) is 33.8 Å². The number of piperidine rings is 1. The summed E-state index contributed by atoms with van der Waals surface area (Å²) in [7, 11) is 0. The van der Waals surface area contributed by atoms with E-state index in [0.29, 0.717) is 15.6 Å². The Morgan fingerprint density at radius 1 is 1.14 bits per heavy atom. The van der Waals surface area contributed by atoms with Crippen LogP contribution >= 0.6 is 23.8 Å². The van der Waals surface area contributed by atoms with Crippen molar-refractivity contribution in [2.75, 3.05) is 23.3 Å². The molecule has 0 aliphatic carbocycles. The van der Waals surface area contributed by atoms with E-state index in [-0.39, 0.29) is 12.5 Å². The highest BCUT2D eigenvalue weighted by Crippen LogP contribution is 2.24. The van der Waals surface area contributed by atoms with Gasteiger partial charge in [-0.3, -0.25) is 14.5 Å². The fraction of sp³-hybridized carbons (Fsp3) is 0.286. The third-order valence-corrected chi connectivity index (χ3v) is 5.58. The molecule has 1 aliphatic heterocycles. The predicted molar refractivity (Wildman–Crippen MR) is 119 cm³/mol. The van der Waals surface area contributed by atoms with E-state index >= 15 is 0 Å². The molecule has 150 valence electrons. The van der Waals surface area contributed by atoms with Crippen molar-refractivity contribution in [3.05, 3.63) is 58.3 Å². The quantitative estimate of drug-likeness (QED) is 0.569. The number of hydrogen-bond donors (Lipinski definition) is 2. The monoisotopic (exact) mass is 427 g/mol. The average Bonchev–Trinajstić information content (AvgIpc) is 3.09. The van der Waals surface area contributed by atoms with E-state index in [9.17, 15) is 4.79 Å². The number of nitrogens with one attached hydrogen (secondary N) is 2. The first-order valence-corrected chi connectivity index (χ1v) is 10.4. The Morgan fingerprint density at radius 3 is 2.66 bits per heavy atom. The number of H-pyrrole nitrogens is 1. The van der Waals surface area contributed by atoms with E-state index in [1.54, 1.807) is 16.7 Å². The van der Waals surface area contributed by atoms with Gasteiger partial charge in [-0.25, -0.2) is 0 Å². The lowest BCUT2D eigenvalue weighted by Gasteiger charge is -2.29. The van der Waals surface area contributed by atoms with E-state index in [1.807, 2.05) is 30.3 Å². The molecule has 0 bridgehead atoms. The molecule has 4 rings (SSSR count). The van der Waals surface area contributed by atoms with Gasteiger partial charge in [0.2, 0.25) is 5.91 Å². The van der Waals surface area contributed by atoms with Crippen LogP contribution in [0.25, 0.3) is 11.4 Å². The van der Waals surface area contributed by atoms with Crippen LogP contribution in [0.3, 0.4) is 0 Å². The third kappa shape index (κ3) is 4.68. The SMILES string of the molecule is O=C(Cn1c(-c2ccc(Cl)cc2)n[nH]c1=S)Nc1cccc(N2CCCCC2)c1. The van der Waals surface area contributed by atoms with E-state index in [2.05, 4.69) is 26.5 Å². The number of amides is 1. The summed E-state index contributed by atoms with van der Waals surface area (Å²) in [4.78, 5) is 15.1. The van der Waals surface area contributed by atoms with Gasteiger partial charge in [0, 0.05) is 35.1 Å². The molecule has 1 aromatic heterocycles. The summed E-state index contributed by atoms with van der Waals surface area (Å²) in [6.45, 7) is 2.19. The molecule has 29 heavy (non-hydrogen) atoms. The summed E-state index contributed by atoms with van der Waals surface area (Å²) >= 11 is 11.3. The van der Waals surface area contributed by atoms with Gasteiger partial charge in [-0.15, -0.1) is 0 Å². The Kier molecular flexibility index (Phi) is 5.97. The minimum absolute atomic E-state index is 0.0707. The van der Waals surface area contributed by atoms with Gasteiger partial charge in [-0.05, 0) is 73.9 Å². The molecule has 0 atom stereocenters. The van der Waals surface area contributed by atoms with Gasteiger partial charge < -0.3 is 10.2 Å². The van der Waals surface area contributed by atoms with Crippen LogP contribution in [0.2, 0.25) is 5.02 Å². The summed E-state index contributed by atoms with van der Waals surface area (Å²) in [5, 5.41) is 10.7. The lowest BCUT2D eigenvalue weighted by atomic mass is 10.1. The zero-order valence-electron chi connectivity index (χ0n) is 15.9. The second kappa shape index (κ2) is 8.80. The molecule has 2 heterocycles. The number of halogens is 1. The van der Waals surface area contributed by atoms with Gasteiger partial charge in [0.1, 0.15) is 6.54 Å². The van der Waals surface area contributed by atoms with Gasteiger partial charge >= 0.3 is 0 Å². The summed E-state index contributed by atoms with van der Waals surface area (Å²) in [5.74, 6) is 0.442. The van der Waals surface area contributed by atoms with E-state index in [0.717, 1.165) is 30.0 Å². The smallest absolute Gasteiger partial charge is 0.244 e. The normalized spacial score (nSPS) is 14.0. The predicted octanol–water partition coefficient (Wildman–Crippen LogP) is 4.89. The van der Waals surface area contributed by atoms with Gasteiger partial charge in [0.15, 0.2) is 10.6 Å². The standard InChI is InChI=1S/C21H22ClN5OS/c22-16-9-7-15(8-10-16)20-24-25-21(29)27(20)14-19(28)23-17-5-4-6-18(13-17)26-11-2-1-3-12-26/h4-10,13H,1-3,11-12,14H2,(H,23,28)(H,25,29). The molecule has 1 amide bonds. The second-order valence-electron chi connectivity index (χ2n) is 7.09. The van der Waals surface area contributed by atoms with Gasteiger partial charge in [0.25, 0.3) is 0 Å². The minimum Gasteiger partial charge on any atom is -0.371 e. The van der Waals surface area contributed by atoms with Crippen LogP contribution in [0.5, 0.6) is 0 Å². The minimum atomic E-state index is -0.159. The largest absolute Gasteiger partial charge is 0.371 e. The molecule has 6 nitrogen and oxygen atoms in total. The average molecular weight is 428 g/mol. The Morgan fingerprint density at radius 2 is 1.90 bits per heavy atom. The molecule has 1 saturated heterocycles. The number of hydrogen-bond acceptors (Lipinski definition) is 4. The topological polar surface area (TPSA) is 66.0 Å². The highest BCUT2D eigenvalue weighted by Gasteiger charge is 2.14. The molecule has 2 N–H and O–H groups in total. The third-order valence-electron chi connectivity index (χ3n) is 5.01. The molecular weight excluding hydrogens is 406 g/mol. The fourth-order valence-electron chi connectivity index (χ4n) is 3.56. The highest BCUT2D eigenvalue weighted by atomic mass is 35.5. The van der Waals surface area contributed by atoms with E-state index in [1.165, 1.54) is 19.3 Å². The van der Waals surface area contributed by atoms with Crippen molar-refractivity contribution in [3.63, 3.8) is 0 Å². The van der Waals surface area contributed by atoms with Crippen molar-refractivity contribution in [2.24, 2.45) is 0 Å². The number of anilines is 2. The van der Waals surface area contributed by atoms with Crippen LogP contribution in [0.1, 0.15) is 19.3 Å². The summed E-state index contributed by atoms with van der Waals surface area (Å²) in [5.41, 5.74) is 2.76. The molecule has 0 unspecified atom stereocenters. The van der Waals surface area contributed by atoms with Crippen molar-refractivity contribution in [1.29, 1.82) is 0 Å². The van der Waals surface area contributed by atoms with Crippen molar-refractivity contribution in [3.8, 4) is 11.4 Å². The molecule has 0 radical (unpaired) electrons. The summed E-state index contributed by atoms with van der Waals surface area (Å²) < 4.78 is 2.08. The van der Waals surface area contributed by atoms with Crippen LogP contribution in [0, 0.1) is 4.77 Å². The maximum atomic E-state index is 12.7. The van der Waals surface area contributed by atoms with Crippen LogP contribution in [-0.2, 0) is 11.3 Å².